The standard InChI is InChI=1S/C7H9F2IO4/c8-7(9)5(10)4(13)2(6(7)14)1-3(11)12/h2,4-6,13-14H,1H2,(H,11,12)/t2-,4+,5-,6-/m0/s1. The van der Waals surface area contributed by atoms with Gasteiger partial charge in [-0.05, 0) is 0 Å². The monoisotopic (exact) mass is 322 g/mol. The van der Waals surface area contributed by atoms with Gasteiger partial charge in [0.2, 0.25) is 0 Å². The van der Waals surface area contributed by atoms with E-state index < -0.39 is 40.4 Å². The van der Waals surface area contributed by atoms with Crippen LogP contribution in [-0.4, -0.2) is 43.3 Å². The zero-order valence-electron chi connectivity index (χ0n) is 6.90. The molecule has 0 aromatic heterocycles. The first-order valence-corrected chi connectivity index (χ1v) is 5.13. The summed E-state index contributed by atoms with van der Waals surface area (Å²) in [6.07, 6.45) is -4.23. The Balaban J connectivity index is 2.84. The van der Waals surface area contributed by atoms with Crippen LogP contribution in [0, 0.1) is 5.92 Å². The van der Waals surface area contributed by atoms with Crippen molar-refractivity contribution in [1.82, 2.24) is 0 Å². The highest BCUT2D eigenvalue weighted by molar-refractivity contribution is 14.1. The number of carbonyl (C=O) groups is 1. The third-order valence-electron chi connectivity index (χ3n) is 2.32. The van der Waals surface area contributed by atoms with E-state index in [1.807, 2.05) is 0 Å². The molecule has 1 fully saturated rings. The van der Waals surface area contributed by atoms with E-state index in [1.54, 1.807) is 0 Å². The van der Waals surface area contributed by atoms with E-state index in [2.05, 4.69) is 0 Å². The van der Waals surface area contributed by atoms with E-state index in [0.29, 0.717) is 0 Å². The van der Waals surface area contributed by atoms with E-state index in [-0.39, 0.29) is 0 Å². The fraction of sp³-hybridized carbons (Fsp3) is 0.857. The van der Waals surface area contributed by atoms with Crippen LogP contribution in [0.3, 0.4) is 0 Å². The van der Waals surface area contributed by atoms with Crippen LogP contribution in [0.5, 0.6) is 0 Å². The summed E-state index contributed by atoms with van der Waals surface area (Å²) >= 11 is 1.32. The molecule has 0 unspecified atom stereocenters. The van der Waals surface area contributed by atoms with Crippen molar-refractivity contribution in [2.24, 2.45) is 5.92 Å². The van der Waals surface area contributed by atoms with Crippen LogP contribution < -0.4 is 0 Å². The Kier molecular flexibility index (Phi) is 3.32. The number of carboxylic acid groups (broad SMARTS) is 1. The predicted octanol–water partition coefficient (Wildman–Crippen LogP) is 0.252. The molecular formula is C7H9F2IO4. The SMILES string of the molecule is O=C(O)C[C@H]1[C@@H](O)[C@H](I)C(F)(F)[C@H]1O. The Labute approximate surface area is 92.1 Å². The molecule has 0 radical (unpaired) electrons. The maximum Gasteiger partial charge on any atom is 0.303 e. The third kappa shape index (κ3) is 1.84. The topological polar surface area (TPSA) is 77.8 Å². The number of alkyl halides is 3. The van der Waals surface area contributed by atoms with Crippen molar-refractivity contribution in [2.45, 2.75) is 28.5 Å². The molecule has 0 heterocycles. The fourth-order valence-electron chi connectivity index (χ4n) is 1.51. The summed E-state index contributed by atoms with van der Waals surface area (Å²) in [5.74, 6) is -6.04. The molecule has 0 saturated heterocycles. The second-order valence-corrected chi connectivity index (χ2v) is 4.62. The van der Waals surface area contributed by atoms with Gasteiger partial charge in [-0.3, -0.25) is 4.79 Å². The van der Waals surface area contributed by atoms with Gasteiger partial charge in [0.15, 0.2) is 0 Å². The van der Waals surface area contributed by atoms with E-state index in [9.17, 15) is 18.7 Å². The lowest BCUT2D eigenvalue weighted by Crippen LogP contribution is -2.36. The molecule has 1 rings (SSSR count). The van der Waals surface area contributed by atoms with E-state index in [1.165, 1.54) is 22.6 Å². The van der Waals surface area contributed by atoms with Crippen molar-refractivity contribution in [1.29, 1.82) is 0 Å². The van der Waals surface area contributed by atoms with Crippen molar-refractivity contribution in [3.05, 3.63) is 0 Å². The van der Waals surface area contributed by atoms with Crippen molar-refractivity contribution < 1.29 is 28.9 Å². The van der Waals surface area contributed by atoms with Crippen molar-refractivity contribution >= 4 is 28.6 Å². The predicted molar refractivity (Wildman–Crippen MR) is 50.5 cm³/mol. The highest BCUT2D eigenvalue weighted by Gasteiger charge is 2.61. The van der Waals surface area contributed by atoms with Crippen molar-refractivity contribution in [2.75, 3.05) is 0 Å². The summed E-state index contributed by atoms with van der Waals surface area (Å²) in [5, 5.41) is 26.8. The van der Waals surface area contributed by atoms with Gasteiger partial charge < -0.3 is 15.3 Å². The van der Waals surface area contributed by atoms with Gasteiger partial charge in [0.1, 0.15) is 10.0 Å². The van der Waals surface area contributed by atoms with Gasteiger partial charge in [0.25, 0.3) is 5.92 Å². The van der Waals surface area contributed by atoms with Crippen LogP contribution in [0.25, 0.3) is 0 Å². The molecule has 4 atom stereocenters. The highest BCUT2D eigenvalue weighted by Crippen LogP contribution is 2.45. The van der Waals surface area contributed by atoms with Gasteiger partial charge in [-0.25, -0.2) is 8.78 Å². The van der Waals surface area contributed by atoms with Crippen molar-refractivity contribution in [3.63, 3.8) is 0 Å². The third-order valence-corrected chi connectivity index (χ3v) is 3.88. The maximum absolute atomic E-state index is 13.1. The van der Waals surface area contributed by atoms with Gasteiger partial charge in [-0.2, -0.15) is 0 Å². The summed E-state index contributed by atoms with van der Waals surface area (Å²) in [4.78, 5) is 10.3. The molecule has 0 spiro atoms. The van der Waals surface area contributed by atoms with Crippen molar-refractivity contribution in [3.8, 4) is 0 Å². The average molecular weight is 322 g/mol. The average Bonchev–Trinajstić information content (AvgIpc) is 2.20. The number of halogens is 3. The zero-order valence-corrected chi connectivity index (χ0v) is 9.06. The van der Waals surface area contributed by atoms with E-state index in [0.717, 1.165) is 0 Å². The number of aliphatic carboxylic acids is 1. The van der Waals surface area contributed by atoms with Crippen LogP contribution in [0.2, 0.25) is 0 Å². The van der Waals surface area contributed by atoms with Crippen LogP contribution in [0.15, 0.2) is 0 Å². The summed E-state index contributed by atoms with van der Waals surface area (Å²) < 4.78 is 24.7. The van der Waals surface area contributed by atoms with Gasteiger partial charge in [0, 0.05) is 5.92 Å². The Morgan fingerprint density at radius 3 is 2.21 bits per heavy atom. The molecule has 0 amide bonds. The first kappa shape index (κ1) is 12.1. The Hall–Kier alpha value is -0.0200. The smallest absolute Gasteiger partial charge is 0.303 e. The van der Waals surface area contributed by atoms with Crippen LogP contribution in [-0.2, 0) is 4.79 Å². The number of aliphatic hydroxyl groups excluding tert-OH is 2. The van der Waals surface area contributed by atoms with Gasteiger partial charge >= 0.3 is 5.97 Å². The molecule has 0 aliphatic heterocycles. The van der Waals surface area contributed by atoms with Crippen LogP contribution in [0.1, 0.15) is 6.42 Å². The van der Waals surface area contributed by atoms with E-state index >= 15 is 0 Å². The molecule has 0 aromatic rings. The maximum atomic E-state index is 13.1. The molecule has 1 aliphatic rings. The second-order valence-electron chi connectivity index (χ2n) is 3.27. The molecule has 0 bridgehead atoms. The highest BCUT2D eigenvalue weighted by atomic mass is 127. The first-order valence-electron chi connectivity index (χ1n) is 3.88. The molecule has 82 valence electrons. The summed E-state index contributed by atoms with van der Waals surface area (Å²) in [7, 11) is 0. The first-order chi connectivity index (χ1) is 6.28. The minimum Gasteiger partial charge on any atom is -0.481 e. The number of rotatable bonds is 2. The minimum absolute atomic E-state index is 0.655. The van der Waals surface area contributed by atoms with Gasteiger partial charge in [0.05, 0.1) is 12.5 Å². The Morgan fingerprint density at radius 1 is 1.43 bits per heavy atom. The lowest BCUT2D eigenvalue weighted by atomic mass is 9.99. The largest absolute Gasteiger partial charge is 0.481 e. The zero-order chi connectivity index (χ0) is 11.1. The Bertz CT molecular complexity index is 248. The lowest BCUT2D eigenvalue weighted by molar-refractivity contribution is -0.141. The molecule has 4 nitrogen and oxygen atoms in total. The van der Waals surface area contributed by atoms with Gasteiger partial charge in [-0.1, -0.05) is 22.6 Å². The van der Waals surface area contributed by atoms with Gasteiger partial charge in [-0.15, -0.1) is 0 Å². The molecule has 1 saturated carbocycles. The molecule has 1 aliphatic carbocycles. The van der Waals surface area contributed by atoms with Crippen LogP contribution >= 0.6 is 22.6 Å². The summed E-state index contributed by atoms with van der Waals surface area (Å²) in [6.45, 7) is 0. The number of hydrogen-bond donors (Lipinski definition) is 3. The van der Waals surface area contributed by atoms with Crippen LogP contribution in [0.4, 0.5) is 8.78 Å². The molecule has 14 heavy (non-hydrogen) atoms. The number of carboxylic acids is 1. The summed E-state index contributed by atoms with van der Waals surface area (Å²) in [5.41, 5.74) is 0. The second kappa shape index (κ2) is 3.86. The normalized spacial score (nSPS) is 41.2. The number of aliphatic hydroxyl groups is 2. The lowest BCUT2D eigenvalue weighted by Gasteiger charge is -2.18. The summed E-state index contributed by atoms with van der Waals surface area (Å²) in [6, 6.07) is 0. The van der Waals surface area contributed by atoms with E-state index in [4.69, 9.17) is 10.2 Å². The molecule has 3 N–H and O–H groups in total. The molecular weight excluding hydrogens is 313 g/mol. The minimum atomic E-state index is -3.43. The fourth-order valence-corrected chi connectivity index (χ4v) is 2.42. The molecule has 0 aromatic carbocycles. The molecule has 7 heteroatoms. The quantitative estimate of drug-likeness (QED) is 0.503. The number of hydrogen-bond acceptors (Lipinski definition) is 3. The Morgan fingerprint density at radius 2 is 1.93 bits per heavy atom.